The highest BCUT2D eigenvalue weighted by atomic mass is 19.1. The van der Waals surface area contributed by atoms with Crippen LogP contribution in [0.5, 0.6) is 11.6 Å². The average molecular weight is 528 g/mol. The maximum Gasteiger partial charge on any atom is 0.335 e. The van der Waals surface area contributed by atoms with E-state index in [4.69, 9.17) is 4.74 Å². The van der Waals surface area contributed by atoms with E-state index in [-0.39, 0.29) is 11.5 Å². The molecule has 0 radical (unpaired) electrons. The van der Waals surface area contributed by atoms with E-state index in [0.717, 1.165) is 65.6 Å². The topological polar surface area (TPSA) is 67.6 Å². The molecule has 4 aromatic rings. The molecule has 2 aliphatic rings. The first kappa shape index (κ1) is 25.6. The molecule has 0 spiro atoms. The number of carbonyl (C=O) groups is 1. The number of rotatable bonds is 5. The molecule has 1 aliphatic carbocycles. The molecule has 7 heteroatoms. The Morgan fingerprint density at radius 2 is 1.92 bits per heavy atom. The molecular weight excluding hydrogens is 493 g/mol. The zero-order valence-corrected chi connectivity index (χ0v) is 22.4. The van der Waals surface area contributed by atoms with Gasteiger partial charge in [0.25, 0.3) is 0 Å². The highest BCUT2D eigenvalue weighted by Gasteiger charge is 2.34. The zero-order valence-electron chi connectivity index (χ0n) is 22.4. The molecule has 1 N–H and O–H groups in total. The lowest BCUT2D eigenvalue weighted by Gasteiger charge is -2.32. The molecule has 0 bridgehead atoms. The molecule has 0 unspecified atom stereocenters. The number of pyridine rings is 1. The molecule has 1 fully saturated rings. The van der Waals surface area contributed by atoms with Crippen molar-refractivity contribution in [2.45, 2.75) is 70.8 Å². The van der Waals surface area contributed by atoms with Gasteiger partial charge < -0.3 is 14.4 Å². The van der Waals surface area contributed by atoms with Gasteiger partial charge in [0.05, 0.1) is 11.3 Å². The van der Waals surface area contributed by atoms with Gasteiger partial charge in [-0.1, -0.05) is 25.0 Å². The molecule has 2 atom stereocenters. The summed E-state index contributed by atoms with van der Waals surface area (Å²) in [6.07, 6.45) is 4.05. The van der Waals surface area contributed by atoms with E-state index in [9.17, 15) is 9.90 Å². The fraction of sp³-hybridized carbons (Fsp3) is 0.375. The molecule has 39 heavy (non-hydrogen) atoms. The number of hydrogen-bond donors (Lipinski definition) is 1. The minimum atomic E-state index is -0.957. The molecule has 0 amide bonds. The molecule has 2 aromatic carbocycles. The predicted octanol–water partition coefficient (Wildman–Crippen LogP) is 7.41. The number of nitrogens with zero attached hydrogens (tertiary/aromatic N) is 3. The van der Waals surface area contributed by atoms with Crippen molar-refractivity contribution in [3.63, 3.8) is 0 Å². The van der Waals surface area contributed by atoms with Gasteiger partial charge in [0.2, 0.25) is 5.88 Å². The van der Waals surface area contributed by atoms with Gasteiger partial charge in [-0.25, -0.2) is 14.2 Å². The second-order valence-electron chi connectivity index (χ2n) is 11.0. The van der Waals surface area contributed by atoms with Crippen molar-refractivity contribution in [2.24, 2.45) is 0 Å². The van der Waals surface area contributed by atoms with Gasteiger partial charge in [0, 0.05) is 60.3 Å². The van der Waals surface area contributed by atoms with Crippen LogP contribution in [0.2, 0.25) is 0 Å². The van der Waals surface area contributed by atoms with Crippen molar-refractivity contribution in [3.05, 3.63) is 77.5 Å². The van der Waals surface area contributed by atoms with Gasteiger partial charge in [0.1, 0.15) is 11.9 Å². The zero-order chi connectivity index (χ0) is 27.1. The average Bonchev–Trinajstić information content (AvgIpc) is 3.23. The minimum absolute atomic E-state index is 0.217. The monoisotopic (exact) mass is 527 g/mol. The molecule has 6 nitrogen and oxygen atoms in total. The smallest absolute Gasteiger partial charge is 0.335 e. The summed E-state index contributed by atoms with van der Waals surface area (Å²) >= 11 is 0. The summed E-state index contributed by atoms with van der Waals surface area (Å²) in [5.74, 6) is 0.0603. The number of alkyl halides is 1. The second kappa shape index (κ2) is 10.5. The Morgan fingerprint density at radius 1 is 1.08 bits per heavy atom. The Hall–Kier alpha value is -3.71. The number of carboxylic acid groups (broad SMARTS) is 1. The van der Waals surface area contributed by atoms with Crippen LogP contribution in [0.1, 0.15) is 66.9 Å². The first-order valence-electron chi connectivity index (χ1n) is 13.9. The summed E-state index contributed by atoms with van der Waals surface area (Å²) in [5.41, 5.74) is 5.30. The van der Waals surface area contributed by atoms with Gasteiger partial charge in [-0.05, 0) is 74.2 Å². The van der Waals surface area contributed by atoms with Gasteiger partial charge in [0.15, 0.2) is 0 Å². The molecule has 3 heterocycles. The van der Waals surface area contributed by atoms with Crippen LogP contribution in [-0.4, -0.2) is 44.3 Å². The lowest BCUT2D eigenvalue weighted by Crippen LogP contribution is -2.35. The fourth-order valence-electron chi connectivity index (χ4n) is 6.31. The van der Waals surface area contributed by atoms with Crippen molar-refractivity contribution in [1.29, 1.82) is 0 Å². The van der Waals surface area contributed by atoms with E-state index in [1.807, 2.05) is 30.3 Å². The number of benzene rings is 2. The summed E-state index contributed by atoms with van der Waals surface area (Å²) in [4.78, 5) is 18.6. The first-order valence-corrected chi connectivity index (χ1v) is 13.9. The molecule has 202 valence electrons. The van der Waals surface area contributed by atoms with E-state index >= 15 is 4.39 Å². The summed E-state index contributed by atoms with van der Waals surface area (Å²) in [5, 5.41) is 10.7. The van der Waals surface area contributed by atoms with Crippen LogP contribution in [0.15, 0.2) is 60.8 Å². The third-order valence-corrected chi connectivity index (χ3v) is 8.31. The van der Waals surface area contributed by atoms with Gasteiger partial charge in [-0.3, -0.25) is 4.90 Å². The normalized spacial score (nSPS) is 19.8. The van der Waals surface area contributed by atoms with Gasteiger partial charge in [-0.15, -0.1) is 0 Å². The van der Waals surface area contributed by atoms with Crippen molar-refractivity contribution < 1.29 is 19.0 Å². The third kappa shape index (κ3) is 4.80. The standard InChI is InChI=1S/C32H34FN3O3/c1-20(2)35-15-16-36-28-18-21(32(37)38)10-12-26(28)30(25-7-3-4-8-27(25)33)31(36)24-13-11-23(17-22(24)19-35)39-29-9-5-6-14-34-29/h5-6,9-14,17-18,20,25,27H,3-4,7-8,15-16,19H2,1-2H3,(H,37,38)/t25-,27-/m0/s1. The number of aromatic nitrogens is 2. The number of fused-ring (bicyclic) bond motifs is 5. The van der Waals surface area contributed by atoms with Crippen LogP contribution >= 0.6 is 0 Å². The van der Waals surface area contributed by atoms with E-state index < -0.39 is 12.1 Å². The van der Waals surface area contributed by atoms with Crippen LogP contribution in [0.3, 0.4) is 0 Å². The first-order chi connectivity index (χ1) is 18.9. The van der Waals surface area contributed by atoms with Crippen LogP contribution in [0.25, 0.3) is 22.2 Å². The lowest BCUT2D eigenvalue weighted by atomic mass is 9.80. The van der Waals surface area contributed by atoms with Crippen LogP contribution < -0.4 is 4.74 Å². The maximum absolute atomic E-state index is 15.6. The number of aromatic carboxylic acids is 1. The van der Waals surface area contributed by atoms with E-state index in [1.54, 1.807) is 18.3 Å². The Kier molecular flexibility index (Phi) is 6.85. The molecular formula is C32H34FN3O3. The summed E-state index contributed by atoms with van der Waals surface area (Å²) in [7, 11) is 0. The number of carboxylic acids is 1. The Bertz CT molecular complexity index is 1510. The van der Waals surface area contributed by atoms with Crippen molar-refractivity contribution in [2.75, 3.05) is 6.54 Å². The maximum atomic E-state index is 15.6. The number of hydrogen-bond acceptors (Lipinski definition) is 4. The van der Waals surface area contributed by atoms with Crippen LogP contribution in [-0.2, 0) is 13.1 Å². The molecule has 1 aliphatic heterocycles. The Labute approximate surface area is 228 Å². The summed E-state index contributed by atoms with van der Waals surface area (Å²) in [6, 6.07) is 17.3. The van der Waals surface area contributed by atoms with E-state index in [2.05, 4.69) is 40.4 Å². The molecule has 1 saturated carbocycles. The quantitative estimate of drug-likeness (QED) is 0.293. The van der Waals surface area contributed by atoms with Gasteiger partial charge in [-0.2, -0.15) is 0 Å². The number of ether oxygens (including phenoxy) is 1. The van der Waals surface area contributed by atoms with Gasteiger partial charge >= 0.3 is 5.97 Å². The molecule has 0 saturated heterocycles. The fourth-order valence-corrected chi connectivity index (χ4v) is 6.31. The van der Waals surface area contributed by atoms with Crippen LogP contribution in [0, 0.1) is 0 Å². The predicted molar refractivity (Wildman–Crippen MR) is 150 cm³/mol. The van der Waals surface area contributed by atoms with Crippen LogP contribution in [0.4, 0.5) is 4.39 Å². The number of halogens is 1. The SMILES string of the molecule is CC(C)N1CCn2c(c([C@H]3CCCC[C@@H]3F)c3ccc(C(=O)O)cc32)-c2ccc(Oc3ccccn3)cc2C1. The minimum Gasteiger partial charge on any atom is -0.478 e. The van der Waals surface area contributed by atoms with Crippen molar-refractivity contribution >= 4 is 16.9 Å². The van der Waals surface area contributed by atoms with Crippen molar-refractivity contribution in [3.8, 4) is 22.9 Å². The van der Waals surface area contributed by atoms with Crippen molar-refractivity contribution in [1.82, 2.24) is 14.5 Å². The highest BCUT2D eigenvalue weighted by molar-refractivity contribution is 5.98. The largest absolute Gasteiger partial charge is 0.478 e. The third-order valence-electron chi connectivity index (χ3n) is 8.31. The summed E-state index contributed by atoms with van der Waals surface area (Å²) < 4.78 is 24.0. The molecule has 6 rings (SSSR count). The van der Waals surface area contributed by atoms with E-state index in [0.29, 0.717) is 30.6 Å². The highest BCUT2D eigenvalue weighted by Crippen LogP contribution is 2.47. The Balaban J connectivity index is 1.59. The lowest BCUT2D eigenvalue weighted by molar-refractivity contribution is 0.0697. The Morgan fingerprint density at radius 3 is 2.67 bits per heavy atom. The second-order valence-corrected chi connectivity index (χ2v) is 11.0. The van der Waals surface area contributed by atoms with E-state index in [1.165, 1.54) is 0 Å². The molecule has 2 aromatic heterocycles. The summed E-state index contributed by atoms with van der Waals surface area (Å²) in [6.45, 7) is 6.60.